The largest absolute Gasteiger partial charge is 0.342 e. The summed E-state index contributed by atoms with van der Waals surface area (Å²) in [6, 6.07) is 11.1. The summed E-state index contributed by atoms with van der Waals surface area (Å²) in [6.45, 7) is 1.88. The highest BCUT2D eigenvalue weighted by atomic mass is 19.1. The third-order valence-corrected chi connectivity index (χ3v) is 8.20. The lowest BCUT2D eigenvalue weighted by Gasteiger charge is -2.24. The highest BCUT2D eigenvalue weighted by molar-refractivity contribution is 6.16. The van der Waals surface area contributed by atoms with E-state index in [-0.39, 0.29) is 29.5 Å². The second-order valence-corrected chi connectivity index (χ2v) is 10.8. The van der Waals surface area contributed by atoms with Gasteiger partial charge in [-0.25, -0.2) is 4.39 Å². The minimum absolute atomic E-state index is 0.0185. The molecule has 8 heteroatoms. The van der Waals surface area contributed by atoms with Crippen LogP contribution < -0.4 is 0 Å². The molecule has 184 valence electrons. The van der Waals surface area contributed by atoms with E-state index in [2.05, 4.69) is 5.10 Å². The van der Waals surface area contributed by atoms with E-state index in [0.717, 1.165) is 47.8 Å². The van der Waals surface area contributed by atoms with Crippen LogP contribution in [0, 0.1) is 17.7 Å². The summed E-state index contributed by atoms with van der Waals surface area (Å²) in [5.41, 5.74) is 2.36. The predicted molar refractivity (Wildman–Crippen MR) is 134 cm³/mol. The molecule has 36 heavy (non-hydrogen) atoms. The molecule has 1 atom stereocenters. The lowest BCUT2D eigenvalue weighted by atomic mass is 10.0. The van der Waals surface area contributed by atoms with Crippen molar-refractivity contribution in [3.8, 4) is 11.1 Å². The molecule has 0 N–H and O–H groups in total. The number of rotatable bonds is 5. The van der Waals surface area contributed by atoms with Gasteiger partial charge >= 0.3 is 0 Å². The van der Waals surface area contributed by atoms with Crippen molar-refractivity contribution in [3.05, 3.63) is 54.0 Å². The fourth-order valence-electron chi connectivity index (χ4n) is 5.73. The fourth-order valence-corrected chi connectivity index (χ4v) is 5.73. The summed E-state index contributed by atoms with van der Waals surface area (Å²) in [6.07, 6.45) is 6.09. The molecule has 1 aromatic heterocycles. The maximum absolute atomic E-state index is 15.6. The summed E-state index contributed by atoms with van der Waals surface area (Å²) in [7, 11) is 1.90. The van der Waals surface area contributed by atoms with Crippen LogP contribution in [0.25, 0.3) is 22.0 Å². The molecular weight excluding hydrogens is 457 g/mol. The van der Waals surface area contributed by atoms with Crippen molar-refractivity contribution in [3.63, 3.8) is 0 Å². The Morgan fingerprint density at radius 1 is 1.11 bits per heavy atom. The van der Waals surface area contributed by atoms with Crippen LogP contribution in [0.4, 0.5) is 4.39 Å². The fraction of sp³-hybridized carbons (Fsp3) is 0.429. The lowest BCUT2D eigenvalue weighted by Crippen LogP contribution is -2.41. The Kier molecular flexibility index (Phi) is 4.66. The Labute approximate surface area is 208 Å². The molecule has 1 saturated heterocycles. The normalized spacial score (nSPS) is 22.7. The van der Waals surface area contributed by atoms with Crippen LogP contribution in [-0.2, 0) is 16.6 Å². The summed E-state index contributed by atoms with van der Waals surface area (Å²) in [5.74, 6) is 0.680. The van der Waals surface area contributed by atoms with Crippen molar-refractivity contribution in [2.75, 3.05) is 19.6 Å². The van der Waals surface area contributed by atoms with Crippen LogP contribution in [-0.4, -0.2) is 62.4 Å². The number of fused-ring (bicyclic) bond motifs is 1. The number of aromatic nitrogens is 2. The topological polar surface area (TPSA) is 70.8 Å². The van der Waals surface area contributed by atoms with Gasteiger partial charge in [-0.2, -0.15) is 5.10 Å². The van der Waals surface area contributed by atoms with Crippen LogP contribution in [0.5, 0.6) is 0 Å². The van der Waals surface area contributed by atoms with Crippen LogP contribution in [0.1, 0.15) is 37.7 Å². The number of amides is 2. The van der Waals surface area contributed by atoms with Crippen molar-refractivity contribution >= 4 is 28.6 Å². The van der Waals surface area contributed by atoms with Gasteiger partial charge in [-0.1, -0.05) is 12.1 Å². The van der Waals surface area contributed by atoms with E-state index < -0.39 is 5.54 Å². The number of aryl methyl sites for hydroxylation is 1. The van der Waals surface area contributed by atoms with Gasteiger partial charge in [0.2, 0.25) is 5.91 Å². The molecule has 3 fully saturated rings. The van der Waals surface area contributed by atoms with Crippen LogP contribution in [0.2, 0.25) is 0 Å². The van der Waals surface area contributed by atoms with Crippen LogP contribution in [0.3, 0.4) is 0 Å². The Bertz CT molecular complexity index is 1450. The first kappa shape index (κ1) is 21.7. The van der Waals surface area contributed by atoms with E-state index >= 15 is 4.39 Å². The molecule has 1 spiro atoms. The second kappa shape index (κ2) is 7.72. The van der Waals surface area contributed by atoms with Gasteiger partial charge in [0.05, 0.1) is 17.3 Å². The number of likely N-dealkylation sites (tertiary alicyclic amines) is 1. The highest BCUT2D eigenvalue weighted by Gasteiger charge is 2.58. The van der Waals surface area contributed by atoms with E-state index in [4.69, 9.17) is 4.99 Å². The molecule has 7 rings (SSSR count). The smallest absolute Gasteiger partial charge is 0.256 e. The average molecular weight is 486 g/mol. The zero-order valence-electron chi connectivity index (χ0n) is 20.3. The highest BCUT2D eigenvalue weighted by Crippen LogP contribution is 2.46. The molecule has 2 aromatic carbocycles. The Morgan fingerprint density at radius 2 is 1.89 bits per heavy atom. The minimum Gasteiger partial charge on any atom is -0.342 e. The number of nitrogens with zero attached hydrogens (tertiary/aromatic N) is 5. The monoisotopic (exact) mass is 485 g/mol. The molecule has 4 aliphatic rings. The number of amidine groups is 1. The first-order chi connectivity index (χ1) is 17.4. The quantitative estimate of drug-likeness (QED) is 0.553. The zero-order chi connectivity index (χ0) is 24.6. The molecule has 7 nitrogen and oxygen atoms in total. The first-order valence-electron chi connectivity index (χ1n) is 12.8. The number of hydrogen-bond donors (Lipinski definition) is 0. The van der Waals surface area contributed by atoms with Gasteiger partial charge in [-0.3, -0.25) is 24.2 Å². The number of carbonyl (C=O) groups excluding carboxylic acids is 2. The third-order valence-electron chi connectivity index (χ3n) is 8.20. The van der Waals surface area contributed by atoms with E-state index in [0.29, 0.717) is 37.3 Å². The summed E-state index contributed by atoms with van der Waals surface area (Å²) in [5, 5.41) is 5.28. The minimum atomic E-state index is -0.700. The number of aliphatic imine (C=N–C) groups is 1. The van der Waals surface area contributed by atoms with E-state index in [1.807, 2.05) is 40.9 Å². The van der Waals surface area contributed by atoms with Gasteiger partial charge < -0.3 is 4.90 Å². The molecule has 2 aliphatic carbocycles. The Hall–Kier alpha value is -3.55. The summed E-state index contributed by atoms with van der Waals surface area (Å²) >= 11 is 0. The van der Waals surface area contributed by atoms with Crippen LogP contribution >= 0.6 is 0 Å². The molecular formula is C28H28FN5O2. The number of carbonyl (C=O) groups is 2. The molecule has 3 aromatic rings. The summed E-state index contributed by atoms with van der Waals surface area (Å²) in [4.78, 5) is 34.2. The summed E-state index contributed by atoms with van der Waals surface area (Å²) < 4.78 is 17.4. The van der Waals surface area contributed by atoms with Gasteiger partial charge in [0, 0.05) is 38.0 Å². The van der Waals surface area contributed by atoms with Crippen LogP contribution in [0.15, 0.2) is 47.6 Å². The van der Waals surface area contributed by atoms with Crippen molar-refractivity contribution in [1.29, 1.82) is 0 Å². The van der Waals surface area contributed by atoms with Crippen molar-refractivity contribution in [2.45, 2.75) is 37.6 Å². The zero-order valence-corrected chi connectivity index (χ0v) is 20.3. The van der Waals surface area contributed by atoms with Crippen molar-refractivity contribution < 1.29 is 14.0 Å². The van der Waals surface area contributed by atoms with E-state index in [1.165, 1.54) is 6.07 Å². The van der Waals surface area contributed by atoms with Crippen molar-refractivity contribution in [1.82, 2.24) is 19.6 Å². The number of hydrogen-bond acceptors (Lipinski definition) is 4. The Balaban J connectivity index is 1.15. The predicted octanol–water partition coefficient (Wildman–Crippen LogP) is 3.76. The maximum atomic E-state index is 15.6. The van der Waals surface area contributed by atoms with E-state index in [9.17, 15) is 9.59 Å². The van der Waals surface area contributed by atoms with Gasteiger partial charge in [0.1, 0.15) is 17.2 Å². The van der Waals surface area contributed by atoms with Crippen molar-refractivity contribution in [2.24, 2.45) is 23.9 Å². The first-order valence-corrected chi connectivity index (χ1v) is 12.8. The lowest BCUT2D eigenvalue weighted by molar-refractivity contribution is -0.131. The number of halogens is 1. The molecule has 2 aliphatic heterocycles. The van der Waals surface area contributed by atoms with E-state index in [1.54, 1.807) is 17.2 Å². The molecule has 3 heterocycles. The number of benzene rings is 2. The van der Waals surface area contributed by atoms with Gasteiger partial charge in [-0.05, 0) is 73.4 Å². The maximum Gasteiger partial charge on any atom is 0.256 e. The van der Waals surface area contributed by atoms with Gasteiger partial charge in [-0.15, -0.1) is 0 Å². The molecule has 0 unspecified atom stereocenters. The SMILES string of the molecule is Cn1ncc2cc(-c3ccc(C4=NC5(CC5)C(=O)N4C[C@@H]4CCN(C(=O)C5CC5)C4)c(F)c3)ccc21. The average Bonchev–Trinajstić information content (AvgIpc) is 3.78. The molecule has 0 bridgehead atoms. The molecule has 2 saturated carbocycles. The third kappa shape index (κ3) is 3.45. The Morgan fingerprint density at radius 3 is 2.64 bits per heavy atom. The van der Waals surface area contributed by atoms with Gasteiger partial charge in [0.15, 0.2) is 0 Å². The van der Waals surface area contributed by atoms with Gasteiger partial charge in [0.25, 0.3) is 5.91 Å². The second-order valence-electron chi connectivity index (χ2n) is 10.8. The molecule has 0 radical (unpaired) electrons. The molecule has 2 amide bonds. The standard InChI is InChI=1S/C28H28FN5O2/c1-32-24-7-5-19(12-21(24)14-30-32)20-4-6-22(23(29)13-20)25-31-28(9-10-28)27(36)34(25)16-17-8-11-33(15-17)26(35)18-2-3-18/h4-7,12-14,17-18H,2-3,8-11,15-16H2,1H3/t17-/m1/s1.